The number of amides is 1. The van der Waals surface area contributed by atoms with Gasteiger partial charge >= 0.3 is 12.1 Å². The first-order valence-electron chi connectivity index (χ1n) is 8.09. The van der Waals surface area contributed by atoms with Gasteiger partial charge < -0.3 is 10.1 Å². The maximum atomic E-state index is 12.7. The van der Waals surface area contributed by atoms with Gasteiger partial charge in [0.1, 0.15) is 18.2 Å². The van der Waals surface area contributed by atoms with E-state index in [0.29, 0.717) is 5.56 Å². The molecule has 0 aromatic heterocycles. The third-order valence-corrected chi connectivity index (χ3v) is 3.71. The zero-order chi connectivity index (χ0) is 19.9. The van der Waals surface area contributed by atoms with Gasteiger partial charge in [0.2, 0.25) is 0 Å². The highest BCUT2D eigenvalue weighted by molar-refractivity contribution is 5.96. The van der Waals surface area contributed by atoms with Crippen molar-refractivity contribution in [3.63, 3.8) is 0 Å². The van der Waals surface area contributed by atoms with Gasteiger partial charge in [-0.3, -0.25) is 4.79 Å². The predicted molar refractivity (Wildman–Crippen MR) is 93.5 cm³/mol. The molecule has 0 unspecified atom stereocenters. The van der Waals surface area contributed by atoms with Crippen molar-refractivity contribution < 1.29 is 27.5 Å². The molecule has 0 fully saturated rings. The summed E-state index contributed by atoms with van der Waals surface area (Å²) in [7, 11) is 0. The SMILES string of the molecule is C=C(C(=O)N[C@@H](Cc1ccccc1)C(=O)OCc1ccccc1)C(F)(F)F. The lowest BCUT2D eigenvalue weighted by Gasteiger charge is -2.19. The van der Waals surface area contributed by atoms with Crippen LogP contribution in [-0.4, -0.2) is 24.1 Å². The van der Waals surface area contributed by atoms with E-state index in [4.69, 9.17) is 4.74 Å². The average Bonchev–Trinajstić information content (AvgIpc) is 2.65. The van der Waals surface area contributed by atoms with Gasteiger partial charge in [-0.2, -0.15) is 13.2 Å². The Hall–Kier alpha value is -3.09. The molecule has 0 radical (unpaired) electrons. The number of nitrogens with one attached hydrogen (secondary N) is 1. The second kappa shape index (κ2) is 9.02. The van der Waals surface area contributed by atoms with Crippen LogP contribution in [0.1, 0.15) is 11.1 Å². The maximum absolute atomic E-state index is 12.7. The van der Waals surface area contributed by atoms with Crippen molar-refractivity contribution in [1.82, 2.24) is 5.32 Å². The molecule has 1 atom stereocenters. The van der Waals surface area contributed by atoms with Crippen LogP contribution in [0.5, 0.6) is 0 Å². The molecule has 7 heteroatoms. The van der Waals surface area contributed by atoms with Crippen LogP contribution >= 0.6 is 0 Å². The Morgan fingerprint density at radius 2 is 1.48 bits per heavy atom. The third kappa shape index (κ3) is 6.29. The van der Waals surface area contributed by atoms with E-state index in [-0.39, 0.29) is 13.0 Å². The molecular formula is C20H18F3NO3. The van der Waals surface area contributed by atoms with Gasteiger partial charge in [0.15, 0.2) is 0 Å². The molecule has 2 rings (SSSR count). The van der Waals surface area contributed by atoms with Gasteiger partial charge in [-0.05, 0) is 11.1 Å². The summed E-state index contributed by atoms with van der Waals surface area (Å²) in [5.41, 5.74) is -0.191. The monoisotopic (exact) mass is 377 g/mol. The second-order valence-corrected chi connectivity index (χ2v) is 5.79. The zero-order valence-electron chi connectivity index (χ0n) is 14.3. The fourth-order valence-electron chi connectivity index (χ4n) is 2.25. The molecule has 0 spiro atoms. The van der Waals surface area contributed by atoms with Crippen molar-refractivity contribution in [3.8, 4) is 0 Å². The molecule has 0 heterocycles. The maximum Gasteiger partial charge on any atom is 0.421 e. The van der Waals surface area contributed by atoms with Crippen LogP contribution in [0, 0.1) is 0 Å². The Labute approximate surface area is 154 Å². The van der Waals surface area contributed by atoms with Crippen LogP contribution in [0.3, 0.4) is 0 Å². The van der Waals surface area contributed by atoms with Crippen molar-refractivity contribution in [2.45, 2.75) is 25.2 Å². The van der Waals surface area contributed by atoms with Crippen molar-refractivity contribution in [3.05, 3.63) is 83.9 Å². The fourth-order valence-corrected chi connectivity index (χ4v) is 2.25. The standard InChI is InChI=1S/C20H18F3NO3/c1-14(20(21,22)23)18(25)24-17(12-15-8-4-2-5-9-15)19(26)27-13-16-10-6-3-7-11-16/h2-11,17H,1,12-13H2,(H,24,25)/t17-/m0/s1. The summed E-state index contributed by atoms with van der Waals surface area (Å²) in [6.45, 7) is 2.70. The van der Waals surface area contributed by atoms with Crippen molar-refractivity contribution in [2.24, 2.45) is 0 Å². The van der Waals surface area contributed by atoms with E-state index in [1.165, 1.54) is 0 Å². The lowest BCUT2D eigenvalue weighted by Crippen LogP contribution is -2.45. The smallest absolute Gasteiger partial charge is 0.421 e. The quantitative estimate of drug-likeness (QED) is 0.593. The molecular weight excluding hydrogens is 359 g/mol. The van der Waals surface area contributed by atoms with E-state index in [0.717, 1.165) is 5.56 Å². The van der Waals surface area contributed by atoms with Gasteiger partial charge in [0.25, 0.3) is 5.91 Å². The van der Waals surface area contributed by atoms with E-state index in [1.54, 1.807) is 60.7 Å². The largest absolute Gasteiger partial charge is 0.459 e. The number of rotatable bonds is 7. The Kier molecular flexibility index (Phi) is 6.76. The highest BCUT2D eigenvalue weighted by Gasteiger charge is 2.38. The Morgan fingerprint density at radius 1 is 0.963 bits per heavy atom. The number of carbonyl (C=O) groups is 2. The normalized spacial score (nSPS) is 12.1. The molecule has 27 heavy (non-hydrogen) atoms. The van der Waals surface area contributed by atoms with Gasteiger partial charge in [-0.1, -0.05) is 67.2 Å². The van der Waals surface area contributed by atoms with E-state index < -0.39 is 29.7 Å². The van der Waals surface area contributed by atoms with Gasteiger partial charge in [-0.25, -0.2) is 4.79 Å². The number of benzene rings is 2. The third-order valence-electron chi connectivity index (χ3n) is 3.71. The molecule has 2 aromatic carbocycles. The minimum atomic E-state index is -4.88. The summed E-state index contributed by atoms with van der Waals surface area (Å²) < 4.78 is 43.2. The van der Waals surface area contributed by atoms with Gasteiger partial charge in [0.05, 0.1) is 0 Å². The van der Waals surface area contributed by atoms with E-state index in [1.807, 2.05) is 0 Å². The number of alkyl halides is 3. The summed E-state index contributed by atoms with van der Waals surface area (Å²) in [6.07, 6.45) is -4.89. The zero-order valence-corrected chi connectivity index (χ0v) is 14.3. The highest BCUT2D eigenvalue weighted by Crippen LogP contribution is 2.24. The number of hydrogen-bond donors (Lipinski definition) is 1. The number of esters is 1. The number of halogens is 3. The van der Waals surface area contributed by atoms with Crippen LogP contribution in [0.4, 0.5) is 13.2 Å². The van der Waals surface area contributed by atoms with Crippen LogP contribution in [-0.2, 0) is 27.4 Å². The first-order valence-corrected chi connectivity index (χ1v) is 8.09. The Balaban J connectivity index is 2.09. The number of hydrogen-bond acceptors (Lipinski definition) is 3. The molecule has 0 aliphatic rings. The lowest BCUT2D eigenvalue weighted by molar-refractivity contribution is -0.150. The van der Waals surface area contributed by atoms with Crippen LogP contribution in [0.15, 0.2) is 72.8 Å². The van der Waals surface area contributed by atoms with Crippen molar-refractivity contribution in [2.75, 3.05) is 0 Å². The average molecular weight is 377 g/mol. The van der Waals surface area contributed by atoms with Gasteiger partial charge in [0, 0.05) is 6.42 Å². The Bertz CT molecular complexity index is 789. The number of carbonyl (C=O) groups excluding carboxylic acids is 2. The highest BCUT2D eigenvalue weighted by atomic mass is 19.4. The fraction of sp³-hybridized carbons (Fsp3) is 0.200. The molecule has 2 aromatic rings. The molecule has 0 saturated heterocycles. The predicted octanol–water partition coefficient (Wildman–Crippen LogP) is 3.58. The summed E-state index contributed by atoms with van der Waals surface area (Å²) in [4.78, 5) is 24.2. The molecule has 0 bridgehead atoms. The minimum absolute atomic E-state index is 0.00859. The topological polar surface area (TPSA) is 55.4 Å². The first-order chi connectivity index (χ1) is 12.8. The summed E-state index contributed by atoms with van der Waals surface area (Å²) >= 11 is 0. The van der Waals surface area contributed by atoms with Crippen LogP contribution in [0.2, 0.25) is 0 Å². The lowest BCUT2D eigenvalue weighted by atomic mass is 10.1. The van der Waals surface area contributed by atoms with Crippen molar-refractivity contribution in [1.29, 1.82) is 0 Å². The van der Waals surface area contributed by atoms with Crippen molar-refractivity contribution >= 4 is 11.9 Å². The van der Waals surface area contributed by atoms with Crippen LogP contribution < -0.4 is 5.32 Å². The molecule has 4 nitrogen and oxygen atoms in total. The summed E-state index contributed by atoms with van der Waals surface area (Å²) in [5, 5.41) is 2.07. The second-order valence-electron chi connectivity index (χ2n) is 5.79. The summed E-state index contributed by atoms with van der Waals surface area (Å²) in [5.74, 6) is -2.29. The molecule has 0 saturated carbocycles. The van der Waals surface area contributed by atoms with E-state index in [9.17, 15) is 22.8 Å². The summed E-state index contributed by atoms with van der Waals surface area (Å²) in [6, 6.07) is 16.1. The first kappa shape index (κ1) is 20.2. The van der Waals surface area contributed by atoms with E-state index >= 15 is 0 Å². The van der Waals surface area contributed by atoms with E-state index in [2.05, 4.69) is 11.9 Å². The molecule has 1 amide bonds. The van der Waals surface area contributed by atoms with Crippen LogP contribution in [0.25, 0.3) is 0 Å². The molecule has 142 valence electrons. The molecule has 0 aliphatic heterocycles. The van der Waals surface area contributed by atoms with Gasteiger partial charge in [-0.15, -0.1) is 0 Å². The molecule has 1 N–H and O–H groups in total. The Morgan fingerprint density at radius 3 is 2.00 bits per heavy atom. The minimum Gasteiger partial charge on any atom is -0.459 e. The molecule has 0 aliphatic carbocycles. The number of ether oxygens (including phenoxy) is 1.